The molecule has 175 valence electrons. The number of ether oxygens (including phenoxy) is 1. The third kappa shape index (κ3) is 6.18. The molecule has 0 bridgehead atoms. The Labute approximate surface area is 192 Å². The average molecular weight is 460 g/mol. The SMILES string of the molecule is C[Si](C)O[C@@](C(=O)O)([C@@H](OCCCCCc1ccc2ccccc2c1)C(=O)O)C(C)(C)C. The van der Waals surface area contributed by atoms with Crippen LogP contribution in [0.5, 0.6) is 0 Å². The third-order valence-electron chi connectivity index (χ3n) is 5.60. The van der Waals surface area contributed by atoms with Crippen LogP contribution in [0.1, 0.15) is 45.6 Å². The van der Waals surface area contributed by atoms with Crippen LogP contribution in [0.25, 0.3) is 10.8 Å². The molecule has 0 amide bonds. The summed E-state index contributed by atoms with van der Waals surface area (Å²) in [5.41, 5.74) is -1.67. The Morgan fingerprint density at radius 2 is 1.62 bits per heavy atom. The summed E-state index contributed by atoms with van der Waals surface area (Å²) in [6.45, 7) is 8.77. The smallest absolute Gasteiger partial charge is 0.338 e. The van der Waals surface area contributed by atoms with Gasteiger partial charge in [0.05, 0.1) is 0 Å². The van der Waals surface area contributed by atoms with Crippen molar-refractivity contribution in [1.82, 2.24) is 0 Å². The molecule has 2 aromatic rings. The summed E-state index contributed by atoms with van der Waals surface area (Å²) in [5, 5.41) is 22.3. The number of hydrogen-bond donors (Lipinski definition) is 2. The van der Waals surface area contributed by atoms with Crippen molar-refractivity contribution in [3.63, 3.8) is 0 Å². The first kappa shape index (κ1) is 26.0. The second-order valence-electron chi connectivity index (χ2n) is 9.38. The number of unbranched alkanes of at least 4 members (excludes halogenated alkanes) is 2. The number of benzene rings is 2. The summed E-state index contributed by atoms with van der Waals surface area (Å²) in [6, 6.07) is 14.7. The molecule has 0 unspecified atom stereocenters. The molecule has 7 heteroatoms. The lowest BCUT2D eigenvalue weighted by molar-refractivity contribution is -0.202. The number of aryl methyl sites for hydroxylation is 1. The Morgan fingerprint density at radius 1 is 0.969 bits per heavy atom. The number of rotatable bonds is 12. The standard InChI is InChI=1S/C25H35O6Si/c1-24(2,3)25(23(28)29,31-32(4)5)21(22(26)27)30-16-10-6-7-11-18-14-15-19-12-8-9-13-20(19)17-18/h8-9,12-15,17,21H,6-7,10-11,16H2,1-5H3,(H,26,27)(H,28,29)/t21-,25+/m0/s1. The lowest BCUT2D eigenvalue weighted by Crippen LogP contribution is -2.65. The number of hydrogen-bond acceptors (Lipinski definition) is 4. The molecule has 0 aliphatic heterocycles. The van der Waals surface area contributed by atoms with E-state index in [-0.39, 0.29) is 6.61 Å². The summed E-state index contributed by atoms with van der Waals surface area (Å²) in [6.07, 6.45) is 1.78. The van der Waals surface area contributed by atoms with Gasteiger partial charge in [0.15, 0.2) is 11.7 Å². The van der Waals surface area contributed by atoms with Crippen LogP contribution in [0, 0.1) is 5.41 Å². The summed E-state index contributed by atoms with van der Waals surface area (Å²) >= 11 is 0. The van der Waals surface area contributed by atoms with E-state index in [1.165, 1.54) is 16.3 Å². The Bertz CT molecular complexity index is 920. The first-order chi connectivity index (χ1) is 15.0. The zero-order valence-corrected chi connectivity index (χ0v) is 20.7. The summed E-state index contributed by atoms with van der Waals surface area (Å²) in [7, 11) is -1.50. The third-order valence-corrected chi connectivity index (χ3v) is 6.33. The largest absolute Gasteiger partial charge is 0.479 e. The molecule has 32 heavy (non-hydrogen) atoms. The molecule has 0 spiro atoms. The van der Waals surface area contributed by atoms with Crippen molar-refractivity contribution >= 4 is 31.8 Å². The quantitative estimate of drug-likeness (QED) is 0.336. The first-order valence-electron chi connectivity index (χ1n) is 11.0. The zero-order chi connectivity index (χ0) is 23.9. The molecule has 0 saturated carbocycles. The summed E-state index contributed by atoms with van der Waals surface area (Å²) in [5.74, 6) is -2.62. The molecule has 0 fully saturated rings. The fourth-order valence-electron chi connectivity index (χ4n) is 3.96. The molecule has 6 nitrogen and oxygen atoms in total. The van der Waals surface area contributed by atoms with Crippen LogP contribution in [0.2, 0.25) is 13.1 Å². The molecule has 1 radical (unpaired) electrons. The predicted molar refractivity (Wildman–Crippen MR) is 127 cm³/mol. The molecule has 2 rings (SSSR count). The van der Waals surface area contributed by atoms with Crippen molar-refractivity contribution in [2.45, 2.75) is 71.3 Å². The molecule has 0 aromatic heterocycles. The van der Waals surface area contributed by atoms with Gasteiger partial charge in [-0.25, -0.2) is 9.59 Å². The molecule has 2 aromatic carbocycles. The first-order valence-corrected chi connectivity index (χ1v) is 13.4. The maximum absolute atomic E-state index is 12.3. The highest BCUT2D eigenvalue weighted by atomic mass is 28.3. The van der Waals surface area contributed by atoms with Gasteiger partial charge in [0.1, 0.15) is 0 Å². The van der Waals surface area contributed by atoms with E-state index < -0.39 is 38.1 Å². The van der Waals surface area contributed by atoms with E-state index in [9.17, 15) is 19.8 Å². The van der Waals surface area contributed by atoms with Crippen LogP contribution in [-0.2, 0) is 25.2 Å². The van der Waals surface area contributed by atoms with Gasteiger partial charge in [-0.1, -0.05) is 69.7 Å². The van der Waals surface area contributed by atoms with Crippen LogP contribution in [-0.4, -0.2) is 49.5 Å². The van der Waals surface area contributed by atoms with Crippen molar-refractivity contribution in [3.05, 3.63) is 48.0 Å². The fourth-order valence-corrected chi connectivity index (χ4v) is 5.11. The lowest BCUT2D eigenvalue weighted by atomic mass is 9.72. The van der Waals surface area contributed by atoms with Crippen LogP contribution < -0.4 is 0 Å². The maximum atomic E-state index is 12.3. The van der Waals surface area contributed by atoms with E-state index >= 15 is 0 Å². The number of fused-ring (bicyclic) bond motifs is 1. The lowest BCUT2D eigenvalue weighted by Gasteiger charge is -2.45. The summed E-state index contributed by atoms with van der Waals surface area (Å²) < 4.78 is 11.5. The number of aliphatic carboxylic acids is 2. The van der Waals surface area contributed by atoms with Gasteiger partial charge >= 0.3 is 11.9 Å². The molecule has 2 atom stereocenters. The minimum absolute atomic E-state index is 0.165. The minimum Gasteiger partial charge on any atom is -0.479 e. The van der Waals surface area contributed by atoms with Gasteiger partial charge in [-0.05, 0) is 48.7 Å². The molecule has 0 aliphatic carbocycles. The second-order valence-corrected chi connectivity index (χ2v) is 11.4. The van der Waals surface area contributed by atoms with Crippen LogP contribution in [0.3, 0.4) is 0 Å². The fraction of sp³-hybridized carbons (Fsp3) is 0.520. The normalized spacial score (nSPS) is 14.9. The highest BCUT2D eigenvalue weighted by Gasteiger charge is 2.60. The van der Waals surface area contributed by atoms with Crippen molar-refractivity contribution in [1.29, 1.82) is 0 Å². The van der Waals surface area contributed by atoms with Crippen LogP contribution >= 0.6 is 0 Å². The maximum Gasteiger partial charge on any atom is 0.338 e. The van der Waals surface area contributed by atoms with E-state index in [1.807, 2.05) is 12.1 Å². The molecular formula is C25H35O6Si. The van der Waals surface area contributed by atoms with Gasteiger partial charge in [-0.3, -0.25) is 0 Å². The van der Waals surface area contributed by atoms with Gasteiger partial charge in [-0.15, -0.1) is 0 Å². The van der Waals surface area contributed by atoms with E-state index in [2.05, 4.69) is 30.3 Å². The van der Waals surface area contributed by atoms with Gasteiger partial charge < -0.3 is 19.4 Å². The van der Waals surface area contributed by atoms with Crippen molar-refractivity contribution in [3.8, 4) is 0 Å². The molecule has 0 aliphatic rings. The highest BCUT2D eigenvalue weighted by Crippen LogP contribution is 2.39. The Kier molecular flexibility index (Phi) is 9.01. The highest BCUT2D eigenvalue weighted by molar-refractivity contribution is 6.48. The Morgan fingerprint density at radius 3 is 2.19 bits per heavy atom. The average Bonchev–Trinajstić information content (AvgIpc) is 2.70. The van der Waals surface area contributed by atoms with Crippen molar-refractivity contribution < 1.29 is 29.0 Å². The number of carboxylic acids is 2. The van der Waals surface area contributed by atoms with Crippen molar-refractivity contribution in [2.24, 2.45) is 5.41 Å². The summed E-state index contributed by atoms with van der Waals surface area (Å²) in [4.78, 5) is 24.3. The topological polar surface area (TPSA) is 93.1 Å². The number of carboxylic acid groups (broad SMARTS) is 2. The zero-order valence-electron chi connectivity index (χ0n) is 19.7. The second kappa shape index (κ2) is 11.1. The monoisotopic (exact) mass is 459 g/mol. The van der Waals surface area contributed by atoms with Crippen LogP contribution in [0.4, 0.5) is 0 Å². The van der Waals surface area contributed by atoms with E-state index in [0.29, 0.717) is 6.42 Å². The Balaban J connectivity index is 1.96. The molecule has 0 saturated heterocycles. The Hall–Kier alpha value is -2.22. The van der Waals surface area contributed by atoms with E-state index in [1.54, 1.807) is 33.9 Å². The van der Waals surface area contributed by atoms with Crippen molar-refractivity contribution in [2.75, 3.05) is 6.61 Å². The molecular weight excluding hydrogens is 424 g/mol. The molecule has 0 heterocycles. The van der Waals surface area contributed by atoms with Gasteiger partial charge in [0.2, 0.25) is 9.04 Å². The minimum atomic E-state index is -1.96. The van der Waals surface area contributed by atoms with E-state index in [0.717, 1.165) is 19.3 Å². The predicted octanol–water partition coefficient (Wildman–Crippen LogP) is 5.16. The number of carbonyl (C=O) groups is 2. The van der Waals surface area contributed by atoms with Gasteiger partial charge in [0.25, 0.3) is 0 Å². The van der Waals surface area contributed by atoms with Gasteiger partial charge in [0, 0.05) is 12.0 Å². The van der Waals surface area contributed by atoms with Crippen LogP contribution in [0.15, 0.2) is 42.5 Å². The van der Waals surface area contributed by atoms with E-state index in [4.69, 9.17) is 9.16 Å². The molecule has 2 N–H and O–H groups in total. The van der Waals surface area contributed by atoms with Gasteiger partial charge in [-0.2, -0.15) is 0 Å².